The molecule has 0 aliphatic heterocycles. The van der Waals surface area contributed by atoms with Crippen LogP contribution in [0.2, 0.25) is 0 Å². The van der Waals surface area contributed by atoms with E-state index < -0.39 is 10.0 Å². The molecule has 1 aromatic carbocycles. The Hall–Kier alpha value is -2.23. The van der Waals surface area contributed by atoms with Gasteiger partial charge in [0, 0.05) is 24.8 Å². The van der Waals surface area contributed by atoms with Crippen LogP contribution in [0.3, 0.4) is 0 Å². The van der Waals surface area contributed by atoms with Crippen molar-refractivity contribution >= 4 is 15.9 Å². The van der Waals surface area contributed by atoms with Crippen LogP contribution < -0.4 is 10.5 Å². The fourth-order valence-electron chi connectivity index (χ4n) is 2.97. The molecule has 0 fully saturated rings. The first-order chi connectivity index (χ1) is 13.1. The normalized spacial score (nSPS) is 12.9. The van der Waals surface area contributed by atoms with Crippen LogP contribution in [0.25, 0.3) is 0 Å². The predicted octanol–water partition coefficient (Wildman–Crippen LogP) is 1.35. The summed E-state index contributed by atoms with van der Waals surface area (Å²) in [5, 5.41) is 12.4. The van der Waals surface area contributed by atoms with Crippen LogP contribution >= 0.6 is 0 Å². The summed E-state index contributed by atoms with van der Waals surface area (Å²) in [6, 6.07) is 8.38. The Morgan fingerprint density at radius 2 is 1.93 bits per heavy atom. The Labute approximate surface area is 166 Å². The number of carbonyl (C=O) groups excluding carboxylic acids is 1. The molecule has 0 bridgehead atoms. The van der Waals surface area contributed by atoms with E-state index in [1.807, 2.05) is 43.5 Å². The molecule has 3 N–H and O–H groups in total. The number of likely N-dealkylation sites (N-methyl/N-ethyl adjacent to an activating group) is 1. The summed E-state index contributed by atoms with van der Waals surface area (Å²) in [6.07, 6.45) is 0.808. The first-order valence-electron chi connectivity index (χ1n) is 9.18. The molecule has 28 heavy (non-hydrogen) atoms. The number of nitrogens with one attached hydrogen (secondary N) is 1. The highest BCUT2D eigenvalue weighted by molar-refractivity contribution is 7.89. The van der Waals surface area contributed by atoms with Crippen LogP contribution in [-0.4, -0.2) is 49.1 Å². The summed E-state index contributed by atoms with van der Waals surface area (Å²) in [5.41, 5.74) is 3.02. The van der Waals surface area contributed by atoms with E-state index in [4.69, 9.17) is 5.14 Å². The summed E-state index contributed by atoms with van der Waals surface area (Å²) in [5.74, 6) is -0.0520. The summed E-state index contributed by atoms with van der Waals surface area (Å²) in [6.45, 7) is 7.54. The highest BCUT2D eigenvalue weighted by Crippen LogP contribution is 2.20. The predicted molar refractivity (Wildman–Crippen MR) is 108 cm³/mol. The third-order valence-electron chi connectivity index (χ3n) is 4.72. The molecular formula is C19H29N5O3S. The highest BCUT2D eigenvalue weighted by Gasteiger charge is 2.16. The third-order valence-corrected chi connectivity index (χ3v) is 5.65. The molecule has 0 radical (unpaired) electrons. The van der Waals surface area contributed by atoms with E-state index in [2.05, 4.69) is 10.4 Å². The number of hydrogen-bond donors (Lipinski definition) is 2. The molecule has 0 spiro atoms. The summed E-state index contributed by atoms with van der Waals surface area (Å²) in [4.78, 5) is 14.2. The van der Waals surface area contributed by atoms with Crippen molar-refractivity contribution in [3.63, 3.8) is 0 Å². The van der Waals surface area contributed by atoms with Crippen molar-refractivity contribution in [1.29, 1.82) is 0 Å². The van der Waals surface area contributed by atoms with Crippen molar-refractivity contribution in [3.05, 3.63) is 47.3 Å². The number of primary sulfonamides is 1. The SMILES string of the molecule is Cc1cc(C)n(CCCNC(=O)CN(C)[C@@H](C)c2ccc(S(N)(=O)=O)cc2)n1. The Kier molecular flexibility index (Phi) is 7.34. The van der Waals surface area contributed by atoms with Crippen molar-refractivity contribution < 1.29 is 13.2 Å². The van der Waals surface area contributed by atoms with Crippen LogP contribution in [0.4, 0.5) is 0 Å². The number of aromatic nitrogens is 2. The Morgan fingerprint density at radius 1 is 1.29 bits per heavy atom. The molecule has 0 unspecified atom stereocenters. The average molecular weight is 408 g/mol. The fourth-order valence-corrected chi connectivity index (χ4v) is 3.48. The monoisotopic (exact) mass is 407 g/mol. The van der Waals surface area contributed by atoms with Gasteiger partial charge in [0.15, 0.2) is 0 Å². The van der Waals surface area contributed by atoms with Gasteiger partial charge in [0.25, 0.3) is 0 Å². The second-order valence-electron chi connectivity index (χ2n) is 7.06. The number of rotatable bonds is 9. The largest absolute Gasteiger partial charge is 0.355 e. The van der Waals surface area contributed by atoms with E-state index >= 15 is 0 Å². The van der Waals surface area contributed by atoms with Gasteiger partial charge in [-0.1, -0.05) is 12.1 Å². The topological polar surface area (TPSA) is 110 Å². The van der Waals surface area contributed by atoms with Crippen molar-refractivity contribution in [2.45, 2.75) is 44.7 Å². The summed E-state index contributed by atoms with van der Waals surface area (Å²) >= 11 is 0. The first-order valence-corrected chi connectivity index (χ1v) is 10.7. The quantitative estimate of drug-likeness (QED) is 0.610. The van der Waals surface area contributed by atoms with E-state index in [0.717, 1.165) is 29.9 Å². The van der Waals surface area contributed by atoms with Gasteiger partial charge in [0.2, 0.25) is 15.9 Å². The smallest absolute Gasteiger partial charge is 0.238 e. The third kappa shape index (κ3) is 6.15. The van der Waals surface area contributed by atoms with Crippen LogP contribution in [0.15, 0.2) is 35.2 Å². The molecule has 2 aromatic rings. The second kappa shape index (κ2) is 9.31. The lowest BCUT2D eigenvalue weighted by molar-refractivity contribution is -0.122. The number of nitrogens with two attached hydrogens (primary N) is 1. The molecule has 9 heteroatoms. The van der Waals surface area contributed by atoms with E-state index in [1.165, 1.54) is 12.1 Å². The lowest BCUT2D eigenvalue weighted by Gasteiger charge is -2.24. The Balaban J connectivity index is 1.78. The molecule has 0 saturated carbocycles. The second-order valence-corrected chi connectivity index (χ2v) is 8.62. The van der Waals surface area contributed by atoms with Gasteiger partial charge in [0.05, 0.1) is 17.1 Å². The van der Waals surface area contributed by atoms with Gasteiger partial charge >= 0.3 is 0 Å². The lowest BCUT2D eigenvalue weighted by atomic mass is 10.1. The zero-order chi connectivity index (χ0) is 20.9. The molecule has 1 heterocycles. The fraction of sp³-hybridized carbons (Fsp3) is 0.474. The van der Waals surface area contributed by atoms with E-state index in [-0.39, 0.29) is 23.4 Å². The maximum Gasteiger partial charge on any atom is 0.238 e. The maximum absolute atomic E-state index is 12.2. The van der Waals surface area contributed by atoms with Gasteiger partial charge in [-0.05, 0) is 58.0 Å². The number of carbonyl (C=O) groups is 1. The van der Waals surface area contributed by atoms with Crippen LogP contribution in [0.1, 0.15) is 36.3 Å². The number of sulfonamides is 1. The van der Waals surface area contributed by atoms with Gasteiger partial charge < -0.3 is 5.32 Å². The summed E-state index contributed by atoms with van der Waals surface area (Å²) < 4.78 is 24.6. The van der Waals surface area contributed by atoms with Crippen molar-refractivity contribution in [1.82, 2.24) is 20.0 Å². The van der Waals surface area contributed by atoms with Gasteiger partial charge in [0.1, 0.15) is 0 Å². The number of nitrogens with zero attached hydrogens (tertiary/aromatic N) is 3. The Bertz CT molecular complexity index is 906. The molecule has 1 atom stereocenters. The Morgan fingerprint density at radius 3 is 2.46 bits per heavy atom. The number of hydrogen-bond acceptors (Lipinski definition) is 5. The molecule has 0 saturated heterocycles. The van der Waals surface area contributed by atoms with Gasteiger partial charge in [-0.3, -0.25) is 14.4 Å². The minimum atomic E-state index is -3.70. The molecular weight excluding hydrogens is 378 g/mol. The minimum Gasteiger partial charge on any atom is -0.355 e. The molecule has 2 rings (SSSR count). The van der Waals surface area contributed by atoms with Crippen LogP contribution in [-0.2, 0) is 21.4 Å². The van der Waals surface area contributed by atoms with Crippen molar-refractivity contribution in [2.75, 3.05) is 20.1 Å². The standard InChI is InChI=1S/C19H29N5O3S/c1-14-12-15(2)24(22-14)11-5-10-21-19(25)13-23(4)16(3)17-6-8-18(9-7-17)28(20,26)27/h6-9,12,16H,5,10-11,13H2,1-4H3,(H,21,25)(H2,20,26,27)/t16-/m0/s1. The maximum atomic E-state index is 12.2. The van der Waals surface area contributed by atoms with Gasteiger partial charge in [-0.15, -0.1) is 0 Å². The molecule has 8 nitrogen and oxygen atoms in total. The molecule has 1 aromatic heterocycles. The van der Waals surface area contributed by atoms with E-state index in [0.29, 0.717) is 6.54 Å². The number of amides is 1. The minimum absolute atomic E-state index is 0.0463. The lowest BCUT2D eigenvalue weighted by Crippen LogP contribution is -2.37. The van der Waals surface area contributed by atoms with E-state index in [1.54, 1.807) is 12.1 Å². The van der Waals surface area contributed by atoms with Crippen molar-refractivity contribution in [2.24, 2.45) is 5.14 Å². The van der Waals surface area contributed by atoms with Crippen LogP contribution in [0.5, 0.6) is 0 Å². The molecule has 0 aliphatic rings. The average Bonchev–Trinajstić information content (AvgIpc) is 2.94. The zero-order valence-electron chi connectivity index (χ0n) is 16.8. The summed E-state index contributed by atoms with van der Waals surface area (Å²) in [7, 11) is -1.85. The van der Waals surface area contributed by atoms with E-state index in [9.17, 15) is 13.2 Å². The molecule has 154 valence electrons. The zero-order valence-corrected chi connectivity index (χ0v) is 17.7. The highest BCUT2D eigenvalue weighted by atomic mass is 32.2. The van der Waals surface area contributed by atoms with Gasteiger partial charge in [-0.25, -0.2) is 13.6 Å². The van der Waals surface area contributed by atoms with Crippen molar-refractivity contribution in [3.8, 4) is 0 Å². The first kappa shape index (κ1) is 22.1. The molecule has 0 aliphatic carbocycles. The molecule has 1 amide bonds. The number of aryl methyl sites for hydroxylation is 3. The van der Waals surface area contributed by atoms with Gasteiger partial charge in [-0.2, -0.15) is 5.10 Å². The van der Waals surface area contributed by atoms with Crippen LogP contribution in [0, 0.1) is 13.8 Å². The number of benzene rings is 1.